The number of nitrogens with zero attached hydrogens (tertiary/aromatic N) is 4. The van der Waals surface area contributed by atoms with Crippen molar-refractivity contribution in [3.05, 3.63) is 46.4 Å². The Morgan fingerprint density at radius 2 is 2.15 bits per heavy atom. The molecule has 27 heavy (non-hydrogen) atoms. The van der Waals surface area contributed by atoms with Crippen LogP contribution in [0.3, 0.4) is 0 Å². The van der Waals surface area contributed by atoms with Gasteiger partial charge in [-0.3, -0.25) is 19.5 Å². The molecule has 0 saturated carbocycles. The normalized spacial score (nSPS) is 23.4. The summed E-state index contributed by atoms with van der Waals surface area (Å²) in [5.74, 6) is 0.139. The van der Waals surface area contributed by atoms with E-state index in [1.807, 2.05) is 52.7 Å². The van der Waals surface area contributed by atoms with E-state index in [1.165, 1.54) is 0 Å². The number of rotatable bonds is 3. The molecule has 7 heteroatoms. The summed E-state index contributed by atoms with van der Waals surface area (Å²) in [5.41, 5.74) is 2.39. The molecule has 0 bridgehead atoms. The Bertz CT molecular complexity index is 836. The van der Waals surface area contributed by atoms with Gasteiger partial charge in [-0.1, -0.05) is 6.92 Å². The number of anilines is 1. The summed E-state index contributed by atoms with van der Waals surface area (Å²) in [7, 11) is 1.99. The number of pyridine rings is 1. The third-order valence-corrected chi connectivity index (χ3v) is 6.48. The Morgan fingerprint density at radius 1 is 1.30 bits per heavy atom. The molecule has 2 amide bonds. The number of carbonyl (C=O) groups is 2. The molecule has 142 valence electrons. The highest BCUT2D eigenvalue weighted by molar-refractivity contribution is 7.08. The van der Waals surface area contributed by atoms with Crippen molar-refractivity contribution >= 4 is 28.8 Å². The molecule has 2 saturated heterocycles. The van der Waals surface area contributed by atoms with Crippen LogP contribution >= 0.6 is 11.3 Å². The first-order valence-corrected chi connectivity index (χ1v) is 10.2. The topological polar surface area (TPSA) is 56.8 Å². The van der Waals surface area contributed by atoms with E-state index < -0.39 is 0 Å². The minimum atomic E-state index is -0.192. The predicted molar refractivity (Wildman–Crippen MR) is 106 cm³/mol. The van der Waals surface area contributed by atoms with Crippen LogP contribution in [0.2, 0.25) is 0 Å². The molecule has 1 atom stereocenters. The number of aromatic nitrogens is 1. The van der Waals surface area contributed by atoms with E-state index in [0.717, 1.165) is 24.2 Å². The second-order valence-electron chi connectivity index (χ2n) is 7.41. The highest BCUT2D eigenvalue weighted by atomic mass is 32.1. The van der Waals surface area contributed by atoms with Crippen LogP contribution in [0.1, 0.15) is 29.4 Å². The van der Waals surface area contributed by atoms with Crippen molar-refractivity contribution in [2.24, 2.45) is 0 Å². The zero-order valence-electron chi connectivity index (χ0n) is 15.7. The van der Waals surface area contributed by atoms with Crippen molar-refractivity contribution in [3.8, 4) is 0 Å². The molecule has 0 aromatic carbocycles. The molecule has 0 N–H and O–H groups in total. The number of carbonyl (C=O) groups excluding carboxylic acids is 2. The Kier molecular flexibility index (Phi) is 4.74. The fraction of sp³-hybridized carbons (Fsp3) is 0.450. The third kappa shape index (κ3) is 3.26. The number of hydrogen-bond acceptors (Lipinski definition) is 5. The minimum absolute atomic E-state index is 0.0226. The fourth-order valence-corrected chi connectivity index (χ4v) is 4.66. The van der Waals surface area contributed by atoms with E-state index in [4.69, 9.17) is 0 Å². The Balaban J connectivity index is 1.52. The lowest BCUT2D eigenvalue weighted by molar-refractivity contribution is -0.123. The molecule has 4 heterocycles. The first-order valence-electron chi connectivity index (χ1n) is 9.30. The van der Waals surface area contributed by atoms with Crippen LogP contribution < -0.4 is 4.90 Å². The maximum atomic E-state index is 12.9. The van der Waals surface area contributed by atoms with Gasteiger partial charge in [0.05, 0.1) is 23.3 Å². The molecule has 1 unspecified atom stereocenters. The van der Waals surface area contributed by atoms with Gasteiger partial charge in [-0.25, -0.2) is 0 Å². The fourth-order valence-electron chi connectivity index (χ4n) is 4.02. The third-order valence-electron chi connectivity index (χ3n) is 5.81. The van der Waals surface area contributed by atoms with Crippen LogP contribution in [0.25, 0.3) is 0 Å². The number of aryl methyl sites for hydroxylation is 1. The van der Waals surface area contributed by atoms with Crippen molar-refractivity contribution in [2.45, 2.75) is 25.3 Å². The van der Waals surface area contributed by atoms with Gasteiger partial charge in [0.1, 0.15) is 0 Å². The summed E-state index contributed by atoms with van der Waals surface area (Å²) in [6.45, 7) is 4.38. The lowest BCUT2D eigenvalue weighted by Crippen LogP contribution is -2.64. The summed E-state index contributed by atoms with van der Waals surface area (Å²) in [5, 5.41) is 4.00. The SMILES string of the molecule is CCc1ccc(C(=O)N2CCC3(C2)CN(c2ccsc2)C(=O)CN3C)cn1. The molecule has 2 aromatic heterocycles. The quantitative estimate of drug-likeness (QED) is 0.815. The molecular weight excluding hydrogens is 360 g/mol. The van der Waals surface area contributed by atoms with Gasteiger partial charge in [-0.05, 0) is 43.5 Å². The zero-order chi connectivity index (χ0) is 19.0. The standard InChI is InChI=1S/C20H24N4O2S/c1-3-16-5-4-15(10-21-16)19(26)23-8-7-20(13-23)14-24(17-6-9-27-12-17)18(25)11-22(20)2/h4-6,9-10,12H,3,7-8,11,13-14H2,1-2H3. The van der Waals surface area contributed by atoms with Gasteiger partial charge in [-0.15, -0.1) is 0 Å². The number of amides is 2. The van der Waals surface area contributed by atoms with E-state index in [2.05, 4.69) is 9.88 Å². The van der Waals surface area contributed by atoms with Crippen LogP contribution in [0.4, 0.5) is 5.69 Å². The zero-order valence-corrected chi connectivity index (χ0v) is 16.5. The Labute approximate surface area is 163 Å². The van der Waals surface area contributed by atoms with Crippen molar-refractivity contribution in [3.63, 3.8) is 0 Å². The van der Waals surface area contributed by atoms with E-state index in [0.29, 0.717) is 31.7 Å². The summed E-state index contributed by atoms with van der Waals surface area (Å²) < 4.78 is 0. The summed E-state index contributed by atoms with van der Waals surface area (Å²) >= 11 is 1.59. The largest absolute Gasteiger partial charge is 0.337 e. The van der Waals surface area contributed by atoms with Gasteiger partial charge >= 0.3 is 0 Å². The number of likely N-dealkylation sites (N-methyl/N-ethyl adjacent to an activating group) is 1. The van der Waals surface area contributed by atoms with Gasteiger partial charge in [0.2, 0.25) is 5.91 Å². The first-order chi connectivity index (χ1) is 13.0. The molecular formula is C20H24N4O2S. The molecule has 2 fully saturated rings. The maximum Gasteiger partial charge on any atom is 0.255 e. The highest BCUT2D eigenvalue weighted by Crippen LogP contribution is 2.34. The Morgan fingerprint density at radius 3 is 2.81 bits per heavy atom. The molecule has 0 radical (unpaired) electrons. The average molecular weight is 385 g/mol. The van der Waals surface area contributed by atoms with Gasteiger partial charge in [0.15, 0.2) is 0 Å². The van der Waals surface area contributed by atoms with E-state index in [9.17, 15) is 9.59 Å². The molecule has 0 aliphatic carbocycles. The van der Waals surface area contributed by atoms with Gasteiger partial charge in [0, 0.05) is 36.9 Å². The second kappa shape index (κ2) is 7.05. The Hall–Kier alpha value is -2.25. The second-order valence-corrected chi connectivity index (χ2v) is 8.19. The molecule has 2 aliphatic heterocycles. The monoisotopic (exact) mass is 384 g/mol. The lowest BCUT2D eigenvalue weighted by atomic mass is 9.93. The van der Waals surface area contributed by atoms with Crippen molar-refractivity contribution in [1.29, 1.82) is 0 Å². The molecule has 6 nitrogen and oxygen atoms in total. The van der Waals surface area contributed by atoms with Gasteiger partial charge in [0.25, 0.3) is 5.91 Å². The molecule has 4 rings (SSSR count). The van der Waals surface area contributed by atoms with E-state index >= 15 is 0 Å². The average Bonchev–Trinajstić information content (AvgIpc) is 3.35. The molecule has 2 aliphatic rings. The maximum absolute atomic E-state index is 12.9. The van der Waals surface area contributed by atoms with Crippen LogP contribution in [-0.2, 0) is 11.2 Å². The molecule has 1 spiro atoms. The van der Waals surface area contributed by atoms with Crippen LogP contribution in [0.15, 0.2) is 35.2 Å². The molecule has 2 aromatic rings. The number of likely N-dealkylation sites (tertiary alicyclic amines) is 1. The highest BCUT2D eigenvalue weighted by Gasteiger charge is 2.48. The first kappa shape index (κ1) is 18.1. The smallest absolute Gasteiger partial charge is 0.255 e. The number of thiophene rings is 1. The van der Waals surface area contributed by atoms with Crippen LogP contribution in [0, 0.1) is 0 Å². The summed E-state index contributed by atoms with van der Waals surface area (Å²) in [6, 6.07) is 5.77. The summed E-state index contributed by atoms with van der Waals surface area (Å²) in [4.78, 5) is 35.7. The summed E-state index contributed by atoms with van der Waals surface area (Å²) in [6.07, 6.45) is 3.40. The van der Waals surface area contributed by atoms with Crippen LogP contribution in [0.5, 0.6) is 0 Å². The van der Waals surface area contributed by atoms with E-state index in [1.54, 1.807) is 17.5 Å². The van der Waals surface area contributed by atoms with Crippen molar-refractivity contribution < 1.29 is 9.59 Å². The van der Waals surface area contributed by atoms with Crippen LogP contribution in [-0.4, -0.2) is 65.4 Å². The van der Waals surface area contributed by atoms with Crippen molar-refractivity contribution in [1.82, 2.24) is 14.8 Å². The number of hydrogen-bond donors (Lipinski definition) is 0. The number of piperazine rings is 1. The predicted octanol–water partition coefficient (Wildman–Crippen LogP) is 2.27. The van der Waals surface area contributed by atoms with E-state index in [-0.39, 0.29) is 17.4 Å². The van der Waals surface area contributed by atoms with Gasteiger partial charge in [-0.2, -0.15) is 11.3 Å². The lowest BCUT2D eigenvalue weighted by Gasteiger charge is -2.46. The van der Waals surface area contributed by atoms with Gasteiger partial charge < -0.3 is 9.80 Å². The minimum Gasteiger partial charge on any atom is -0.337 e. The van der Waals surface area contributed by atoms with Crippen molar-refractivity contribution in [2.75, 3.05) is 38.1 Å².